The Labute approximate surface area is 93.7 Å². The van der Waals surface area contributed by atoms with Gasteiger partial charge in [-0.05, 0) is 30.7 Å². The van der Waals surface area contributed by atoms with Gasteiger partial charge in [0, 0.05) is 11.8 Å². The molecule has 0 aliphatic carbocycles. The highest BCUT2D eigenvalue weighted by molar-refractivity contribution is 5.24. The number of hydrogen-bond acceptors (Lipinski definition) is 2. The number of aromatic nitrogens is 1. The van der Waals surface area contributed by atoms with Crippen LogP contribution in [0.15, 0.2) is 42.6 Å². The van der Waals surface area contributed by atoms with E-state index in [9.17, 15) is 4.39 Å². The van der Waals surface area contributed by atoms with Gasteiger partial charge in [-0.2, -0.15) is 0 Å². The maximum atomic E-state index is 12.7. The summed E-state index contributed by atoms with van der Waals surface area (Å²) in [6, 6.07) is 10.0. The van der Waals surface area contributed by atoms with Gasteiger partial charge in [-0.25, -0.2) is 9.37 Å². The lowest BCUT2D eigenvalue weighted by molar-refractivity contribution is 0.291. The van der Waals surface area contributed by atoms with Crippen LogP contribution in [0.1, 0.15) is 11.1 Å². The quantitative estimate of drug-likeness (QED) is 0.788. The van der Waals surface area contributed by atoms with Crippen LogP contribution >= 0.6 is 0 Å². The van der Waals surface area contributed by atoms with Crippen LogP contribution in [0.2, 0.25) is 0 Å². The van der Waals surface area contributed by atoms with E-state index in [2.05, 4.69) is 4.98 Å². The summed E-state index contributed by atoms with van der Waals surface area (Å²) in [6.07, 6.45) is 1.69. The smallest absolute Gasteiger partial charge is 0.216 e. The van der Waals surface area contributed by atoms with Crippen LogP contribution in [-0.4, -0.2) is 4.98 Å². The van der Waals surface area contributed by atoms with Crippen molar-refractivity contribution >= 4 is 0 Å². The third-order valence-electron chi connectivity index (χ3n) is 2.25. The van der Waals surface area contributed by atoms with Gasteiger partial charge in [0.15, 0.2) is 0 Å². The molecule has 1 heterocycles. The summed E-state index contributed by atoms with van der Waals surface area (Å²) in [7, 11) is 0. The van der Waals surface area contributed by atoms with Gasteiger partial charge in [0.1, 0.15) is 12.4 Å². The van der Waals surface area contributed by atoms with E-state index in [0.29, 0.717) is 12.5 Å². The summed E-state index contributed by atoms with van der Waals surface area (Å²) in [4.78, 5) is 4.11. The molecule has 0 saturated carbocycles. The van der Waals surface area contributed by atoms with Gasteiger partial charge in [0.05, 0.1) is 0 Å². The zero-order valence-electron chi connectivity index (χ0n) is 8.98. The normalized spacial score (nSPS) is 10.1. The second-order valence-electron chi connectivity index (χ2n) is 3.54. The summed E-state index contributed by atoms with van der Waals surface area (Å²) in [6.45, 7) is 2.34. The fourth-order valence-corrected chi connectivity index (χ4v) is 1.35. The number of ether oxygens (including phenoxy) is 1. The predicted octanol–water partition coefficient (Wildman–Crippen LogP) is 3.11. The number of hydrogen-bond donors (Lipinski definition) is 0. The van der Waals surface area contributed by atoms with E-state index in [-0.39, 0.29) is 5.82 Å². The molecule has 0 amide bonds. The van der Waals surface area contributed by atoms with Crippen molar-refractivity contribution in [3.63, 3.8) is 0 Å². The molecule has 0 bridgehead atoms. The van der Waals surface area contributed by atoms with Crippen LogP contribution in [0.4, 0.5) is 4.39 Å². The molecule has 3 heteroatoms. The van der Waals surface area contributed by atoms with Gasteiger partial charge in [-0.15, -0.1) is 0 Å². The lowest BCUT2D eigenvalue weighted by Gasteiger charge is -2.07. The first kappa shape index (κ1) is 10.6. The third-order valence-corrected chi connectivity index (χ3v) is 2.25. The monoisotopic (exact) mass is 217 g/mol. The lowest BCUT2D eigenvalue weighted by atomic mass is 10.2. The molecule has 0 fully saturated rings. The number of halogens is 1. The fraction of sp³-hybridized carbons (Fsp3) is 0.154. The fourth-order valence-electron chi connectivity index (χ4n) is 1.35. The van der Waals surface area contributed by atoms with E-state index in [4.69, 9.17) is 4.74 Å². The Morgan fingerprint density at radius 2 is 1.94 bits per heavy atom. The van der Waals surface area contributed by atoms with Gasteiger partial charge < -0.3 is 4.74 Å². The molecule has 0 unspecified atom stereocenters. The average molecular weight is 217 g/mol. The zero-order valence-corrected chi connectivity index (χ0v) is 8.98. The minimum absolute atomic E-state index is 0.238. The minimum atomic E-state index is -0.238. The molecule has 0 radical (unpaired) electrons. The standard InChI is InChI=1S/C13H12FNO/c1-10-3-2-8-15-13(10)16-9-11-4-6-12(14)7-5-11/h2-8H,9H2,1H3. The van der Waals surface area contributed by atoms with Crippen LogP contribution in [0.25, 0.3) is 0 Å². The van der Waals surface area contributed by atoms with E-state index in [0.717, 1.165) is 11.1 Å². The van der Waals surface area contributed by atoms with Crippen molar-refractivity contribution < 1.29 is 9.13 Å². The number of nitrogens with zero attached hydrogens (tertiary/aromatic N) is 1. The van der Waals surface area contributed by atoms with E-state index in [1.165, 1.54) is 12.1 Å². The molecular weight excluding hydrogens is 205 g/mol. The van der Waals surface area contributed by atoms with E-state index < -0.39 is 0 Å². The molecule has 16 heavy (non-hydrogen) atoms. The second-order valence-corrected chi connectivity index (χ2v) is 3.54. The average Bonchev–Trinajstić information content (AvgIpc) is 2.30. The Morgan fingerprint density at radius 1 is 1.19 bits per heavy atom. The largest absolute Gasteiger partial charge is 0.473 e. The van der Waals surface area contributed by atoms with Gasteiger partial charge in [0.2, 0.25) is 5.88 Å². The van der Waals surface area contributed by atoms with Crippen LogP contribution < -0.4 is 4.74 Å². The van der Waals surface area contributed by atoms with Crippen molar-refractivity contribution in [2.24, 2.45) is 0 Å². The summed E-state index contributed by atoms with van der Waals surface area (Å²) in [5, 5.41) is 0. The summed E-state index contributed by atoms with van der Waals surface area (Å²) in [5.41, 5.74) is 1.91. The van der Waals surface area contributed by atoms with Crippen molar-refractivity contribution in [1.82, 2.24) is 4.98 Å². The van der Waals surface area contributed by atoms with Gasteiger partial charge >= 0.3 is 0 Å². The van der Waals surface area contributed by atoms with Crippen LogP contribution in [0.3, 0.4) is 0 Å². The Morgan fingerprint density at radius 3 is 2.62 bits per heavy atom. The molecule has 1 aromatic heterocycles. The molecule has 2 nitrogen and oxygen atoms in total. The highest BCUT2D eigenvalue weighted by Gasteiger charge is 2.00. The van der Waals surface area contributed by atoms with Crippen molar-refractivity contribution in [2.75, 3.05) is 0 Å². The summed E-state index contributed by atoms with van der Waals surface area (Å²) < 4.78 is 18.2. The second kappa shape index (κ2) is 4.75. The molecule has 0 saturated heterocycles. The van der Waals surface area contributed by atoms with Crippen molar-refractivity contribution in [1.29, 1.82) is 0 Å². The lowest BCUT2D eigenvalue weighted by Crippen LogP contribution is -1.98. The minimum Gasteiger partial charge on any atom is -0.473 e. The maximum absolute atomic E-state index is 12.7. The topological polar surface area (TPSA) is 22.1 Å². The molecule has 82 valence electrons. The molecule has 2 rings (SSSR count). The summed E-state index contributed by atoms with van der Waals surface area (Å²) in [5.74, 6) is 0.379. The molecule has 0 N–H and O–H groups in total. The molecule has 0 aliphatic rings. The summed E-state index contributed by atoms with van der Waals surface area (Å²) >= 11 is 0. The maximum Gasteiger partial charge on any atom is 0.216 e. The Hall–Kier alpha value is -1.90. The molecule has 0 spiro atoms. The first-order chi connectivity index (χ1) is 7.75. The first-order valence-electron chi connectivity index (χ1n) is 5.04. The molecule has 0 atom stereocenters. The first-order valence-corrected chi connectivity index (χ1v) is 5.04. The Kier molecular flexibility index (Phi) is 3.15. The predicted molar refractivity (Wildman–Crippen MR) is 59.7 cm³/mol. The molecule has 1 aromatic carbocycles. The molecule has 2 aromatic rings. The van der Waals surface area contributed by atoms with E-state index in [1.807, 2.05) is 19.1 Å². The van der Waals surface area contributed by atoms with Gasteiger partial charge in [0.25, 0.3) is 0 Å². The highest BCUT2D eigenvalue weighted by Crippen LogP contribution is 2.14. The van der Waals surface area contributed by atoms with E-state index in [1.54, 1.807) is 18.3 Å². The Bertz CT molecular complexity index is 468. The SMILES string of the molecule is Cc1cccnc1OCc1ccc(F)cc1. The van der Waals surface area contributed by atoms with Crippen LogP contribution in [0.5, 0.6) is 5.88 Å². The van der Waals surface area contributed by atoms with Crippen molar-refractivity contribution in [3.05, 3.63) is 59.5 Å². The molecular formula is C13H12FNO. The zero-order chi connectivity index (χ0) is 11.4. The van der Waals surface area contributed by atoms with Crippen LogP contribution in [0, 0.1) is 12.7 Å². The number of benzene rings is 1. The van der Waals surface area contributed by atoms with Crippen LogP contribution in [-0.2, 0) is 6.61 Å². The van der Waals surface area contributed by atoms with E-state index >= 15 is 0 Å². The number of rotatable bonds is 3. The van der Waals surface area contributed by atoms with Gasteiger partial charge in [-0.3, -0.25) is 0 Å². The highest BCUT2D eigenvalue weighted by atomic mass is 19.1. The van der Waals surface area contributed by atoms with Crippen molar-refractivity contribution in [2.45, 2.75) is 13.5 Å². The third kappa shape index (κ3) is 2.57. The van der Waals surface area contributed by atoms with Crippen molar-refractivity contribution in [3.8, 4) is 5.88 Å². The number of aryl methyl sites for hydroxylation is 1. The number of pyridine rings is 1. The molecule has 0 aliphatic heterocycles. The van der Waals surface area contributed by atoms with Gasteiger partial charge in [-0.1, -0.05) is 18.2 Å². The Balaban J connectivity index is 2.02.